The average molecular weight is 180 g/mol. The van der Waals surface area contributed by atoms with Gasteiger partial charge in [0.25, 0.3) is 0 Å². The van der Waals surface area contributed by atoms with Crippen LogP contribution in [0.4, 0.5) is 0 Å². The van der Waals surface area contributed by atoms with Gasteiger partial charge in [-0.25, -0.2) is 0 Å². The molecule has 1 unspecified atom stereocenters. The lowest BCUT2D eigenvalue weighted by atomic mass is 10.1. The molecule has 1 atom stereocenters. The summed E-state index contributed by atoms with van der Waals surface area (Å²) >= 11 is 0. The second kappa shape index (κ2) is 3.47. The molecule has 13 heavy (non-hydrogen) atoms. The van der Waals surface area contributed by atoms with E-state index < -0.39 is 0 Å². The summed E-state index contributed by atoms with van der Waals surface area (Å²) in [4.78, 5) is 0. The summed E-state index contributed by atoms with van der Waals surface area (Å²) < 4.78 is 1.81. The Kier molecular flexibility index (Phi) is 2.33. The molecule has 0 radical (unpaired) electrons. The van der Waals surface area contributed by atoms with E-state index in [2.05, 4.69) is 10.5 Å². The molecule has 1 heterocycles. The molecule has 72 valence electrons. The van der Waals surface area contributed by atoms with Gasteiger partial charge in [-0.1, -0.05) is 12.8 Å². The minimum absolute atomic E-state index is 0.230. The Hall–Kier alpha value is -0.870. The van der Waals surface area contributed by atoms with Gasteiger partial charge in [0.1, 0.15) is 0 Å². The first-order chi connectivity index (χ1) is 6.29. The van der Waals surface area contributed by atoms with Crippen LogP contribution in [0.3, 0.4) is 0 Å². The molecule has 1 aliphatic carbocycles. The first-order valence-corrected chi connectivity index (χ1v) is 4.75. The molecule has 0 saturated heterocycles. The summed E-state index contributed by atoms with van der Waals surface area (Å²) in [5, 5.41) is 4.34. The molecule has 0 aliphatic heterocycles. The van der Waals surface area contributed by atoms with Crippen molar-refractivity contribution in [3.05, 3.63) is 18.0 Å². The SMILES string of the molecule is Cn1ccc(C(CC2CC2)NN)n1. The standard InChI is InChI=1S/C9H16N4/c1-13-5-4-8(12-13)9(11-10)6-7-2-3-7/h4-5,7,9,11H,2-3,6,10H2,1H3. The third-order valence-corrected chi connectivity index (χ3v) is 2.56. The molecule has 1 saturated carbocycles. The van der Waals surface area contributed by atoms with Gasteiger partial charge in [0.05, 0.1) is 11.7 Å². The van der Waals surface area contributed by atoms with Gasteiger partial charge in [-0.3, -0.25) is 16.0 Å². The van der Waals surface area contributed by atoms with Gasteiger partial charge in [-0.15, -0.1) is 0 Å². The zero-order valence-corrected chi connectivity index (χ0v) is 7.90. The molecule has 1 aromatic heterocycles. The first kappa shape index (κ1) is 8.72. The Morgan fingerprint density at radius 2 is 2.54 bits per heavy atom. The molecule has 1 fully saturated rings. The molecule has 1 aliphatic rings. The molecule has 4 nitrogen and oxygen atoms in total. The molecule has 0 bridgehead atoms. The lowest BCUT2D eigenvalue weighted by Crippen LogP contribution is -2.28. The zero-order valence-electron chi connectivity index (χ0n) is 7.90. The van der Waals surface area contributed by atoms with E-state index in [0.717, 1.165) is 18.0 Å². The smallest absolute Gasteiger partial charge is 0.0807 e. The highest BCUT2D eigenvalue weighted by atomic mass is 15.3. The van der Waals surface area contributed by atoms with Crippen molar-refractivity contribution >= 4 is 0 Å². The quantitative estimate of drug-likeness (QED) is 0.530. The average Bonchev–Trinajstić information content (AvgIpc) is 2.84. The Bertz CT molecular complexity index is 277. The number of nitrogens with two attached hydrogens (primary N) is 1. The molecule has 0 amide bonds. The first-order valence-electron chi connectivity index (χ1n) is 4.75. The van der Waals surface area contributed by atoms with Gasteiger partial charge in [0, 0.05) is 13.2 Å². The van der Waals surface area contributed by atoms with Crippen molar-refractivity contribution in [1.82, 2.24) is 15.2 Å². The second-order valence-corrected chi connectivity index (χ2v) is 3.81. The van der Waals surface area contributed by atoms with Crippen molar-refractivity contribution in [1.29, 1.82) is 0 Å². The number of hydrogen-bond acceptors (Lipinski definition) is 3. The van der Waals surface area contributed by atoms with E-state index in [4.69, 9.17) is 5.84 Å². The van der Waals surface area contributed by atoms with Crippen LogP contribution < -0.4 is 11.3 Å². The number of nitrogens with one attached hydrogen (secondary N) is 1. The van der Waals surface area contributed by atoms with E-state index in [9.17, 15) is 0 Å². The van der Waals surface area contributed by atoms with E-state index in [1.165, 1.54) is 12.8 Å². The van der Waals surface area contributed by atoms with Gasteiger partial charge >= 0.3 is 0 Å². The van der Waals surface area contributed by atoms with Crippen LogP contribution in [0.15, 0.2) is 12.3 Å². The van der Waals surface area contributed by atoms with Gasteiger partial charge in [-0.2, -0.15) is 5.10 Å². The predicted molar refractivity (Wildman–Crippen MR) is 50.6 cm³/mol. The maximum Gasteiger partial charge on any atom is 0.0807 e. The Morgan fingerprint density at radius 3 is 3.00 bits per heavy atom. The number of aryl methyl sites for hydroxylation is 1. The summed E-state index contributed by atoms with van der Waals surface area (Å²) in [6.07, 6.45) is 5.77. The maximum atomic E-state index is 5.49. The molecule has 0 aromatic carbocycles. The minimum Gasteiger partial charge on any atom is -0.275 e. The van der Waals surface area contributed by atoms with E-state index in [1.807, 2.05) is 24.0 Å². The van der Waals surface area contributed by atoms with Crippen LogP contribution in [0.1, 0.15) is 31.0 Å². The van der Waals surface area contributed by atoms with Crippen molar-refractivity contribution in [3.8, 4) is 0 Å². The number of aromatic nitrogens is 2. The third kappa shape index (κ3) is 2.08. The number of hydrazine groups is 1. The molecular weight excluding hydrogens is 164 g/mol. The highest BCUT2D eigenvalue weighted by molar-refractivity contribution is 5.05. The van der Waals surface area contributed by atoms with E-state index in [-0.39, 0.29) is 6.04 Å². The lowest BCUT2D eigenvalue weighted by molar-refractivity contribution is 0.471. The van der Waals surface area contributed by atoms with E-state index in [1.54, 1.807) is 0 Å². The molecular formula is C9H16N4. The summed E-state index contributed by atoms with van der Waals surface area (Å²) in [5.74, 6) is 6.35. The highest BCUT2D eigenvalue weighted by Crippen LogP contribution is 2.36. The fourth-order valence-corrected chi connectivity index (χ4v) is 1.58. The summed E-state index contributed by atoms with van der Waals surface area (Å²) in [6, 6.07) is 2.25. The van der Waals surface area contributed by atoms with Crippen LogP contribution in [-0.4, -0.2) is 9.78 Å². The molecule has 0 spiro atoms. The second-order valence-electron chi connectivity index (χ2n) is 3.81. The van der Waals surface area contributed by atoms with Gasteiger partial charge < -0.3 is 0 Å². The normalized spacial score (nSPS) is 18.9. The van der Waals surface area contributed by atoms with Gasteiger partial charge in [0.2, 0.25) is 0 Å². The summed E-state index contributed by atoms with van der Waals surface area (Å²) in [7, 11) is 1.92. The van der Waals surface area contributed by atoms with Crippen molar-refractivity contribution in [2.24, 2.45) is 18.8 Å². The number of nitrogens with zero attached hydrogens (tertiary/aromatic N) is 2. The van der Waals surface area contributed by atoms with Crippen LogP contribution in [0.2, 0.25) is 0 Å². The Balaban J connectivity index is 2.01. The van der Waals surface area contributed by atoms with Crippen LogP contribution >= 0.6 is 0 Å². The van der Waals surface area contributed by atoms with Crippen molar-refractivity contribution < 1.29 is 0 Å². The van der Waals surface area contributed by atoms with E-state index in [0.29, 0.717) is 0 Å². The monoisotopic (exact) mass is 180 g/mol. The molecule has 2 rings (SSSR count). The largest absolute Gasteiger partial charge is 0.275 e. The molecule has 4 heteroatoms. The number of hydrogen-bond donors (Lipinski definition) is 2. The Morgan fingerprint density at radius 1 is 1.77 bits per heavy atom. The summed E-state index contributed by atoms with van der Waals surface area (Å²) in [5.41, 5.74) is 3.88. The zero-order chi connectivity index (χ0) is 9.26. The minimum atomic E-state index is 0.230. The highest BCUT2D eigenvalue weighted by Gasteiger charge is 2.26. The molecule has 1 aromatic rings. The summed E-state index contributed by atoms with van der Waals surface area (Å²) in [6.45, 7) is 0. The van der Waals surface area contributed by atoms with Crippen LogP contribution in [0.5, 0.6) is 0 Å². The van der Waals surface area contributed by atoms with Crippen LogP contribution in [0.25, 0.3) is 0 Å². The van der Waals surface area contributed by atoms with Crippen molar-refractivity contribution in [3.63, 3.8) is 0 Å². The van der Waals surface area contributed by atoms with Gasteiger partial charge in [-0.05, 0) is 18.4 Å². The van der Waals surface area contributed by atoms with Crippen molar-refractivity contribution in [2.45, 2.75) is 25.3 Å². The lowest BCUT2D eigenvalue weighted by Gasteiger charge is -2.12. The Labute approximate surface area is 78.1 Å². The molecule has 3 N–H and O–H groups in total. The fraction of sp³-hybridized carbons (Fsp3) is 0.667. The maximum absolute atomic E-state index is 5.49. The predicted octanol–water partition coefficient (Wildman–Crippen LogP) is 0.725. The number of rotatable bonds is 4. The van der Waals surface area contributed by atoms with E-state index >= 15 is 0 Å². The van der Waals surface area contributed by atoms with Crippen LogP contribution in [-0.2, 0) is 7.05 Å². The van der Waals surface area contributed by atoms with Gasteiger partial charge in [0.15, 0.2) is 0 Å². The van der Waals surface area contributed by atoms with Crippen molar-refractivity contribution in [2.75, 3.05) is 0 Å². The topological polar surface area (TPSA) is 55.9 Å². The van der Waals surface area contributed by atoms with Crippen LogP contribution in [0, 0.1) is 5.92 Å². The third-order valence-electron chi connectivity index (χ3n) is 2.56. The fourth-order valence-electron chi connectivity index (χ4n) is 1.58.